The van der Waals surface area contributed by atoms with Gasteiger partial charge in [0.25, 0.3) is 5.91 Å². The van der Waals surface area contributed by atoms with Gasteiger partial charge in [0.05, 0.1) is 7.11 Å². The number of carbonyl (C=O) groups excluding carboxylic acids is 1. The Morgan fingerprint density at radius 2 is 1.67 bits per heavy atom. The largest absolute Gasteiger partial charge is 0.497 e. The Labute approximate surface area is 195 Å². The zero-order chi connectivity index (χ0) is 23.0. The third-order valence-electron chi connectivity index (χ3n) is 6.20. The first-order valence-electron chi connectivity index (χ1n) is 11.7. The van der Waals surface area contributed by atoms with Crippen molar-refractivity contribution in [2.24, 2.45) is 0 Å². The van der Waals surface area contributed by atoms with Gasteiger partial charge in [0.2, 0.25) is 0 Å². The summed E-state index contributed by atoms with van der Waals surface area (Å²) in [5, 5.41) is 0. The number of benzene rings is 3. The molecule has 3 aromatic rings. The van der Waals surface area contributed by atoms with Crippen molar-refractivity contribution < 1.29 is 13.9 Å². The SMILES string of the molecule is COc1cccc(C(=O)N2CCCCCCN(Cc3ccccc3F)Cc3ccccc32)c1. The highest BCUT2D eigenvalue weighted by Gasteiger charge is 2.22. The van der Waals surface area contributed by atoms with Crippen LogP contribution in [-0.4, -0.2) is 31.0 Å². The fourth-order valence-corrected chi connectivity index (χ4v) is 4.43. The number of hydrogen-bond acceptors (Lipinski definition) is 3. The van der Waals surface area contributed by atoms with Gasteiger partial charge in [0.1, 0.15) is 11.6 Å². The lowest BCUT2D eigenvalue weighted by atomic mass is 10.1. The summed E-state index contributed by atoms with van der Waals surface area (Å²) < 4.78 is 19.7. The van der Waals surface area contributed by atoms with Gasteiger partial charge < -0.3 is 9.64 Å². The second kappa shape index (κ2) is 11.1. The predicted molar refractivity (Wildman–Crippen MR) is 130 cm³/mol. The highest BCUT2D eigenvalue weighted by molar-refractivity contribution is 6.06. The molecule has 1 aliphatic rings. The molecular weight excluding hydrogens is 415 g/mol. The van der Waals surface area contributed by atoms with Crippen LogP contribution in [0.25, 0.3) is 0 Å². The summed E-state index contributed by atoms with van der Waals surface area (Å²) in [4.78, 5) is 17.8. The maximum atomic E-state index is 14.4. The van der Waals surface area contributed by atoms with Crippen LogP contribution in [0.3, 0.4) is 0 Å². The van der Waals surface area contributed by atoms with Gasteiger partial charge in [-0.2, -0.15) is 0 Å². The number of anilines is 1. The number of rotatable bonds is 4. The Morgan fingerprint density at radius 1 is 0.909 bits per heavy atom. The molecule has 172 valence electrons. The van der Waals surface area contributed by atoms with E-state index in [9.17, 15) is 9.18 Å². The van der Waals surface area contributed by atoms with Gasteiger partial charge in [0, 0.05) is 36.4 Å². The molecule has 0 fully saturated rings. The van der Waals surface area contributed by atoms with E-state index in [0.717, 1.165) is 43.5 Å². The Balaban J connectivity index is 1.66. The standard InChI is InChI=1S/C28H31FN2O2/c1-33-25-14-10-13-22(19-25)28(32)31-18-9-3-2-8-17-30(20-23-11-4-6-15-26(23)29)21-24-12-5-7-16-27(24)31/h4-7,10-16,19H,2-3,8-9,17-18,20-21H2,1H3. The molecule has 4 nitrogen and oxygen atoms in total. The van der Waals surface area contributed by atoms with E-state index in [2.05, 4.69) is 11.0 Å². The molecular formula is C28H31FN2O2. The molecule has 4 rings (SSSR count). The van der Waals surface area contributed by atoms with Gasteiger partial charge >= 0.3 is 0 Å². The van der Waals surface area contributed by atoms with Gasteiger partial charge in [-0.1, -0.05) is 55.3 Å². The van der Waals surface area contributed by atoms with Crippen LogP contribution in [0.15, 0.2) is 72.8 Å². The van der Waals surface area contributed by atoms with E-state index in [-0.39, 0.29) is 11.7 Å². The molecule has 0 atom stereocenters. The molecule has 0 saturated carbocycles. The van der Waals surface area contributed by atoms with E-state index in [0.29, 0.717) is 36.5 Å². The molecule has 0 unspecified atom stereocenters. The molecule has 1 heterocycles. The Morgan fingerprint density at radius 3 is 2.48 bits per heavy atom. The number of fused-ring (bicyclic) bond motifs is 1. The van der Waals surface area contributed by atoms with E-state index < -0.39 is 0 Å². The number of halogens is 1. The van der Waals surface area contributed by atoms with E-state index in [4.69, 9.17) is 4.74 Å². The fraction of sp³-hybridized carbons (Fsp3) is 0.321. The Kier molecular flexibility index (Phi) is 7.74. The van der Waals surface area contributed by atoms with Crippen LogP contribution >= 0.6 is 0 Å². The molecule has 0 radical (unpaired) electrons. The second-order valence-corrected chi connectivity index (χ2v) is 8.53. The number of hydrogen-bond donors (Lipinski definition) is 0. The van der Waals surface area contributed by atoms with Crippen LogP contribution in [0.5, 0.6) is 5.75 Å². The van der Waals surface area contributed by atoms with Crippen molar-refractivity contribution >= 4 is 11.6 Å². The minimum absolute atomic E-state index is 0.0266. The van der Waals surface area contributed by atoms with Crippen molar-refractivity contribution in [2.45, 2.75) is 38.8 Å². The summed E-state index contributed by atoms with van der Waals surface area (Å²) in [6.07, 6.45) is 4.14. The van der Waals surface area contributed by atoms with Crippen LogP contribution < -0.4 is 9.64 Å². The van der Waals surface area contributed by atoms with Gasteiger partial charge in [-0.05, 0) is 55.3 Å². The van der Waals surface area contributed by atoms with Gasteiger partial charge in [-0.3, -0.25) is 9.69 Å². The molecule has 0 spiro atoms. The van der Waals surface area contributed by atoms with Crippen LogP contribution in [0.2, 0.25) is 0 Å². The number of carbonyl (C=O) groups is 1. The minimum atomic E-state index is -0.171. The zero-order valence-corrected chi connectivity index (χ0v) is 19.2. The topological polar surface area (TPSA) is 32.8 Å². The lowest BCUT2D eigenvalue weighted by Gasteiger charge is -2.28. The molecule has 3 aromatic carbocycles. The van der Waals surface area contributed by atoms with E-state index in [1.165, 1.54) is 6.07 Å². The predicted octanol–water partition coefficient (Wildman–Crippen LogP) is 6.06. The zero-order valence-electron chi connectivity index (χ0n) is 19.2. The van der Waals surface area contributed by atoms with Crippen molar-refractivity contribution in [3.8, 4) is 5.75 Å². The molecule has 0 aliphatic carbocycles. The maximum Gasteiger partial charge on any atom is 0.258 e. The molecule has 1 aliphatic heterocycles. The molecule has 33 heavy (non-hydrogen) atoms. The normalized spacial score (nSPS) is 15.4. The Bertz CT molecular complexity index is 1080. The van der Waals surface area contributed by atoms with Crippen molar-refractivity contribution in [3.05, 3.63) is 95.3 Å². The second-order valence-electron chi connectivity index (χ2n) is 8.53. The average molecular weight is 447 g/mol. The molecule has 5 heteroatoms. The minimum Gasteiger partial charge on any atom is -0.497 e. The fourth-order valence-electron chi connectivity index (χ4n) is 4.43. The quantitative estimate of drug-likeness (QED) is 0.489. The van der Waals surface area contributed by atoms with Crippen LogP contribution in [-0.2, 0) is 13.1 Å². The number of nitrogens with zero attached hydrogens (tertiary/aromatic N) is 2. The maximum absolute atomic E-state index is 14.4. The van der Waals surface area contributed by atoms with Gasteiger partial charge in [-0.15, -0.1) is 0 Å². The summed E-state index contributed by atoms with van der Waals surface area (Å²) >= 11 is 0. The summed E-state index contributed by atoms with van der Waals surface area (Å²) in [7, 11) is 1.61. The lowest BCUT2D eigenvalue weighted by molar-refractivity contribution is 0.0986. The third-order valence-corrected chi connectivity index (χ3v) is 6.20. The van der Waals surface area contributed by atoms with E-state index in [1.807, 2.05) is 53.4 Å². The summed E-state index contributed by atoms with van der Waals surface area (Å²) in [6.45, 7) is 2.77. The molecule has 1 amide bonds. The third kappa shape index (κ3) is 5.79. The monoisotopic (exact) mass is 446 g/mol. The number of amides is 1. The van der Waals surface area contributed by atoms with Crippen LogP contribution in [0.4, 0.5) is 10.1 Å². The number of para-hydroxylation sites is 1. The molecule has 0 N–H and O–H groups in total. The highest BCUT2D eigenvalue weighted by atomic mass is 19.1. The lowest BCUT2D eigenvalue weighted by Crippen LogP contribution is -2.33. The number of methoxy groups -OCH3 is 1. The summed E-state index contributed by atoms with van der Waals surface area (Å²) in [5.41, 5.74) is 3.31. The van der Waals surface area contributed by atoms with Gasteiger partial charge in [-0.25, -0.2) is 4.39 Å². The van der Waals surface area contributed by atoms with Crippen LogP contribution in [0.1, 0.15) is 47.2 Å². The van der Waals surface area contributed by atoms with E-state index in [1.54, 1.807) is 19.2 Å². The van der Waals surface area contributed by atoms with Crippen molar-refractivity contribution in [1.29, 1.82) is 0 Å². The molecule has 0 saturated heterocycles. The first-order chi connectivity index (χ1) is 16.2. The molecule has 0 bridgehead atoms. The average Bonchev–Trinajstić information content (AvgIpc) is 2.88. The van der Waals surface area contributed by atoms with Crippen molar-refractivity contribution in [3.63, 3.8) is 0 Å². The van der Waals surface area contributed by atoms with Crippen LogP contribution in [0, 0.1) is 5.82 Å². The smallest absolute Gasteiger partial charge is 0.258 e. The first kappa shape index (κ1) is 23.0. The van der Waals surface area contributed by atoms with Crippen molar-refractivity contribution in [1.82, 2.24) is 4.90 Å². The van der Waals surface area contributed by atoms with Gasteiger partial charge in [0.15, 0.2) is 0 Å². The first-order valence-corrected chi connectivity index (χ1v) is 11.7. The number of ether oxygens (including phenoxy) is 1. The van der Waals surface area contributed by atoms with E-state index >= 15 is 0 Å². The summed E-state index contributed by atoms with van der Waals surface area (Å²) in [6, 6.07) is 22.4. The van der Waals surface area contributed by atoms with Crippen molar-refractivity contribution in [2.75, 3.05) is 25.1 Å². The Hall–Kier alpha value is -3.18. The molecule has 0 aromatic heterocycles. The summed E-state index contributed by atoms with van der Waals surface area (Å²) in [5.74, 6) is 0.472. The highest BCUT2D eigenvalue weighted by Crippen LogP contribution is 2.27.